The molecule has 0 radical (unpaired) electrons. The molecule has 2 heterocycles. The van der Waals surface area contributed by atoms with Gasteiger partial charge in [-0.25, -0.2) is 4.79 Å². The number of likely N-dealkylation sites (tertiary alicyclic amines) is 1. The van der Waals surface area contributed by atoms with Crippen LogP contribution in [0.4, 0.5) is 23.7 Å². The quantitative estimate of drug-likeness (QED) is 0.677. The molecule has 2 fully saturated rings. The Labute approximate surface area is 198 Å². The van der Waals surface area contributed by atoms with Gasteiger partial charge in [0.25, 0.3) is 0 Å². The molecular formula is C24H34F3N3O4. The van der Waals surface area contributed by atoms with E-state index in [2.05, 4.69) is 5.32 Å². The molecule has 7 nitrogen and oxygen atoms in total. The zero-order valence-corrected chi connectivity index (χ0v) is 20.0. The first kappa shape index (κ1) is 26.1. The van der Waals surface area contributed by atoms with Crippen molar-refractivity contribution in [3.8, 4) is 0 Å². The fourth-order valence-corrected chi connectivity index (χ4v) is 4.18. The number of nitrogens with one attached hydrogen (secondary N) is 1. The lowest BCUT2D eigenvalue weighted by molar-refractivity contribution is -0.138. The Kier molecular flexibility index (Phi) is 8.33. The van der Waals surface area contributed by atoms with E-state index in [0.717, 1.165) is 6.07 Å². The molecule has 190 valence electrons. The summed E-state index contributed by atoms with van der Waals surface area (Å²) < 4.78 is 51.7. The Balaban J connectivity index is 1.52. The number of anilines is 1. The van der Waals surface area contributed by atoms with Crippen molar-refractivity contribution in [2.45, 2.75) is 58.4 Å². The summed E-state index contributed by atoms with van der Waals surface area (Å²) in [6.45, 7) is 8.27. The van der Waals surface area contributed by atoms with Crippen LogP contribution in [-0.2, 0) is 27.0 Å². The zero-order chi connectivity index (χ0) is 24.9. The number of halogens is 3. The van der Waals surface area contributed by atoms with E-state index in [-0.39, 0.29) is 36.4 Å². The number of morpholine rings is 1. The van der Waals surface area contributed by atoms with E-state index in [1.165, 1.54) is 6.07 Å². The second kappa shape index (κ2) is 10.8. The van der Waals surface area contributed by atoms with E-state index in [1.54, 1.807) is 11.0 Å². The first-order valence-electron chi connectivity index (χ1n) is 11.7. The van der Waals surface area contributed by atoms with Crippen LogP contribution >= 0.6 is 0 Å². The molecule has 0 saturated carbocycles. The maximum atomic E-state index is 13.7. The molecule has 0 atom stereocenters. The molecule has 10 heteroatoms. The van der Waals surface area contributed by atoms with Gasteiger partial charge in [-0.3, -0.25) is 4.79 Å². The van der Waals surface area contributed by atoms with E-state index in [1.807, 2.05) is 25.7 Å². The first-order valence-corrected chi connectivity index (χ1v) is 11.7. The van der Waals surface area contributed by atoms with Crippen molar-refractivity contribution in [2.75, 3.05) is 44.3 Å². The minimum atomic E-state index is -4.52. The minimum absolute atomic E-state index is 0.0394. The Morgan fingerprint density at radius 2 is 1.74 bits per heavy atom. The van der Waals surface area contributed by atoms with E-state index in [9.17, 15) is 22.8 Å². The SMILES string of the molecule is CC(C)(C)OC(=O)N1CCC(CC(=O)NCc2ccc(N3CCOCC3)cc2C(F)(F)F)CC1. The van der Waals surface area contributed by atoms with Gasteiger partial charge in [0.05, 0.1) is 18.8 Å². The summed E-state index contributed by atoms with van der Waals surface area (Å²) in [6.07, 6.45) is -3.37. The Morgan fingerprint density at radius 1 is 1.09 bits per heavy atom. The predicted octanol–water partition coefficient (Wildman–Crippen LogP) is 4.20. The Bertz CT molecular complexity index is 856. The number of benzene rings is 1. The van der Waals surface area contributed by atoms with Gasteiger partial charge in [0.15, 0.2) is 0 Å². The minimum Gasteiger partial charge on any atom is -0.444 e. The number of piperidine rings is 1. The number of ether oxygens (including phenoxy) is 2. The third-order valence-electron chi connectivity index (χ3n) is 5.99. The molecule has 2 amide bonds. The van der Waals surface area contributed by atoms with Crippen LogP contribution in [0.25, 0.3) is 0 Å². The lowest BCUT2D eigenvalue weighted by Crippen LogP contribution is -2.42. The van der Waals surface area contributed by atoms with Crippen molar-refractivity contribution in [1.82, 2.24) is 10.2 Å². The lowest BCUT2D eigenvalue weighted by Gasteiger charge is -2.33. The standard InChI is InChI=1S/C24H34F3N3O4/c1-23(2,3)34-22(32)30-8-6-17(7-9-30)14-21(31)28-16-18-4-5-19(15-20(18)24(25,26)27)29-10-12-33-13-11-29/h4-5,15,17H,6-14,16H2,1-3H3,(H,28,31). The summed E-state index contributed by atoms with van der Waals surface area (Å²) in [5, 5.41) is 2.65. The van der Waals surface area contributed by atoms with Gasteiger partial charge in [-0.1, -0.05) is 6.07 Å². The molecule has 2 saturated heterocycles. The molecular weight excluding hydrogens is 451 g/mol. The molecule has 1 aromatic rings. The molecule has 34 heavy (non-hydrogen) atoms. The molecule has 2 aliphatic heterocycles. The van der Waals surface area contributed by atoms with Crippen molar-refractivity contribution in [3.63, 3.8) is 0 Å². The van der Waals surface area contributed by atoms with Crippen LogP contribution in [0.1, 0.15) is 51.2 Å². The van der Waals surface area contributed by atoms with Crippen molar-refractivity contribution >= 4 is 17.7 Å². The lowest BCUT2D eigenvalue weighted by atomic mass is 9.93. The summed E-state index contributed by atoms with van der Waals surface area (Å²) in [5.74, 6) is -0.217. The summed E-state index contributed by atoms with van der Waals surface area (Å²) in [6, 6.07) is 4.25. The van der Waals surface area contributed by atoms with Gasteiger partial charge >= 0.3 is 12.3 Å². The number of hydrogen-bond donors (Lipinski definition) is 1. The van der Waals surface area contributed by atoms with Crippen LogP contribution in [0.3, 0.4) is 0 Å². The normalized spacial score (nSPS) is 18.1. The molecule has 2 aliphatic rings. The number of carbonyl (C=O) groups excluding carboxylic acids is 2. The number of nitrogens with zero attached hydrogens (tertiary/aromatic N) is 2. The molecule has 0 bridgehead atoms. The van der Waals surface area contributed by atoms with Crippen LogP contribution in [0.5, 0.6) is 0 Å². The number of amides is 2. The number of rotatable bonds is 5. The van der Waals surface area contributed by atoms with Gasteiger partial charge in [-0.2, -0.15) is 13.2 Å². The smallest absolute Gasteiger partial charge is 0.416 e. The number of carbonyl (C=O) groups is 2. The van der Waals surface area contributed by atoms with Gasteiger partial charge in [-0.15, -0.1) is 0 Å². The highest BCUT2D eigenvalue weighted by atomic mass is 19.4. The first-order chi connectivity index (χ1) is 15.9. The monoisotopic (exact) mass is 485 g/mol. The average molecular weight is 486 g/mol. The summed E-state index contributed by atoms with van der Waals surface area (Å²) in [4.78, 5) is 28.1. The molecule has 3 rings (SSSR count). The highest BCUT2D eigenvalue weighted by Gasteiger charge is 2.34. The maximum absolute atomic E-state index is 13.7. The summed E-state index contributed by atoms with van der Waals surface area (Å²) >= 11 is 0. The van der Waals surface area contributed by atoms with E-state index < -0.39 is 17.3 Å². The average Bonchev–Trinajstić information content (AvgIpc) is 2.77. The number of alkyl halides is 3. The van der Waals surface area contributed by atoms with Crippen molar-refractivity contribution < 1.29 is 32.2 Å². The van der Waals surface area contributed by atoms with Crippen LogP contribution in [0.15, 0.2) is 18.2 Å². The van der Waals surface area contributed by atoms with Crippen LogP contribution in [0, 0.1) is 5.92 Å². The summed E-state index contributed by atoms with van der Waals surface area (Å²) in [7, 11) is 0. The molecule has 1 aromatic carbocycles. The summed E-state index contributed by atoms with van der Waals surface area (Å²) in [5.41, 5.74) is -0.758. The second-order valence-electron chi connectivity index (χ2n) is 9.83. The molecule has 0 unspecified atom stereocenters. The van der Waals surface area contributed by atoms with Crippen molar-refractivity contribution in [3.05, 3.63) is 29.3 Å². The van der Waals surface area contributed by atoms with Crippen LogP contribution in [0.2, 0.25) is 0 Å². The van der Waals surface area contributed by atoms with Crippen LogP contribution < -0.4 is 10.2 Å². The molecule has 0 spiro atoms. The second-order valence-corrected chi connectivity index (χ2v) is 9.83. The van der Waals surface area contributed by atoms with Gasteiger partial charge < -0.3 is 24.6 Å². The zero-order valence-electron chi connectivity index (χ0n) is 20.0. The molecule has 0 aromatic heterocycles. The topological polar surface area (TPSA) is 71.1 Å². The Morgan fingerprint density at radius 3 is 2.32 bits per heavy atom. The third-order valence-corrected chi connectivity index (χ3v) is 5.99. The van der Waals surface area contributed by atoms with Crippen molar-refractivity contribution in [2.24, 2.45) is 5.92 Å². The highest BCUT2D eigenvalue weighted by molar-refractivity contribution is 5.76. The predicted molar refractivity (Wildman–Crippen MR) is 121 cm³/mol. The Hall–Kier alpha value is -2.49. The largest absolute Gasteiger partial charge is 0.444 e. The maximum Gasteiger partial charge on any atom is 0.416 e. The van der Waals surface area contributed by atoms with Gasteiger partial charge in [0.1, 0.15) is 5.60 Å². The van der Waals surface area contributed by atoms with E-state index in [0.29, 0.717) is 57.9 Å². The highest BCUT2D eigenvalue weighted by Crippen LogP contribution is 2.35. The van der Waals surface area contributed by atoms with Crippen molar-refractivity contribution in [1.29, 1.82) is 0 Å². The fraction of sp³-hybridized carbons (Fsp3) is 0.667. The van der Waals surface area contributed by atoms with Gasteiger partial charge in [0, 0.05) is 44.8 Å². The third kappa shape index (κ3) is 7.51. The van der Waals surface area contributed by atoms with E-state index in [4.69, 9.17) is 9.47 Å². The fourth-order valence-electron chi connectivity index (χ4n) is 4.18. The molecule has 1 N–H and O–H groups in total. The van der Waals surface area contributed by atoms with Gasteiger partial charge in [0.2, 0.25) is 5.91 Å². The van der Waals surface area contributed by atoms with E-state index >= 15 is 0 Å². The van der Waals surface area contributed by atoms with Gasteiger partial charge in [-0.05, 0) is 57.2 Å². The molecule has 0 aliphatic carbocycles. The van der Waals surface area contributed by atoms with Crippen LogP contribution in [-0.4, -0.2) is 61.9 Å². The number of hydrogen-bond acceptors (Lipinski definition) is 5.